The molecular formula is C25H29N3O3S. The maximum atomic E-state index is 11.6. The highest BCUT2D eigenvalue weighted by Crippen LogP contribution is 2.28. The summed E-state index contributed by atoms with van der Waals surface area (Å²) in [6.07, 6.45) is 7.18. The van der Waals surface area contributed by atoms with E-state index in [9.17, 15) is 8.42 Å². The summed E-state index contributed by atoms with van der Waals surface area (Å²) in [7, 11) is -3.19. The fourth-order valence-corrected chi connectivity index (χ4v) is 4.49. The molecule has 32 heavy (non-hydrogen) atoms. The molecule has 6 nitrogen and oxygen atoms in total. The Kier molecular flexibility index (Phi) is 6.46. The second kappa shape index (κ2) is 9.28. The molecule has 4 rings (SSSR count). The van der Waals surface area contributed by atoms with Crippen LogP contribution in [0.5, 0.6) is 5.75 Å². The van der Waals surface area contributed by atoms with E-state index in [0.29, 0.717) is 17.4 Å². The largest absolute Gasteiger partial charge is 0.493 e. The Labute approximate surface area is 190 Å². The van der Waals surface area contributed by atoms with Gasteiger partial charge in [-0.25, -0.2) is 18.4 Å². The van der Waals surface area contributed by atoms with Crippen LogP contribution in [0.15, 0.2) is 59.8 Å². The van der Waals surface area contributed by atoms with Crippen molar-refractivity contribution in [2.45, 2.75) is 31.6 Å². The van der Waals surface area contributed by atoms with E-state index in [0.717, 1.165) is 54.3 Å². The summed E-state index contributed by atoms with van der Waals surface area (Å²) in [6, 6.07) is 13.0. The van der Waals surface area contributed by atoms with E-state index >= 15 is 0 Å². The molecule has 2 aromatic carbocycles. The highest BCUT2D eigenvalue weighted by molar-refractivity contribution is 7.90. The molecule has 0 bridgehead atoms. The first-order valence-corrected chi connectivity index (χ1v) is 12.8. The van der Waals surface area contributed by atoms with Crippen molar-refractivity contribution >= 4 is 15.8 Å². The van der Waals surface area contributed by atoms with Gasteiger partial charge < -0.3 is 9.64 Å². The summed E-state index contributed by atoms with van der Waals surface area (Å²) in [5.41, 5.74) is 4.25. The molecule has 7 heteroatoms. The fourth-order valence-electron chi connectivity index (χ4n) is 3.86. The van der Waals surface area contributed by atoms with E-state index in [1.807, 2.05) is 43.6 Å². The SMILES string of the molecule is CCCc1cnc(N2CC(COc3ccc(-c4ccc(S(C)(=O)=O)cc4)cc3C)C2)nc1. The van der Waals surface area contributed by atoms with Crippen LogP contribution in [0.3, 0.4) is 0 Å². The number of benzene rings is 2. The number of hydrogen-bond donors (Lipinski definition) is 0. The lowest BCUT2D eigenvalue weighted by Gasteiger charge is -2.39. The van der Waals surface area contributed by atoms with Gasteiger partial charge in [0, 0.05) is 37.7 Å². The lowest BCUT2D eigenvalue weighted by molar-refractivity contribution is 0.218. The smallest absolute Gasteiger partial charge is 0.225 e. The molecule has 0 amide bonds. The van der Waals surface area contributed by atoms with Gasteiger partial charge >= 0.3 is 0 Å². The normalized spacial score (nSPS) is 14.3. The lowest BCUT2D eigenvalue weighted by Crippen LogP contribution is -2.50. The first kappa shape index (κ1) is 22.3. The van der Waals surface area contributed by atoms with E-state index < -0.39 is 9.84 Å². The highest BCUT2D eigenvalue weighted by atomic mass is 32.2. The second-order valence-corrected chi connectivity index (χ2v) is 10.5. The summed E-state index contributed by atoms with van der Waals surface area (Å²) in [6.45, 7) is 6.64. The van der Waals surface area contributed by atoms with Crippen molar-refractivity contribution in [3.8, 4) is 16.9 Å². The molecule has 0 radical (unpaired) electrons. The molecular weight excluding hydrogens is 422 g/mol. The van der Waals surface area contributed by atoms with E-state index in [-0.39, 0.29) is 0 Å². The summed E-state index contributed by atoms with van der Waals surface area (Å²) in [5, 5.41) is 0. The number of sulfone groups is 1. The van der Waals surface area contributed by atoms with Crippen LogP contribution in [0.25, 0.3) is 11.1 Å². The van der Waals surface area contributed by atoms with Gasteiger partial charge in [-0.2, -0.15) is 0 Å². The Balaban J connectivity index is 1.31. The minimum absolute atomic E-state index is 0.328. The van der Waals surface area contributed by atoms with Crippen LogP contribution in [0, 0.1) is 12.8 Å². The number of aryl methyl sites for hydroxylation is 2. The van der Waals surface area contributed by atoms with E-state index in [1.54, 1.807) is 12.1 Å². The number of aromatic nitrogens is 2. The molecule has 1 saturated heterocycles. The second-order valence-electron chi connectivity index (χ2n) is 8.50. The van der Waals surface area contributed by atoms with Crippen LogP contribution in [-0.2, 0) is 16.3 Å². The summed E-state index contributed by atoms with van der Waals surface area (Å²) in [4.78, 5) is 11.5. The average Bonchev–Trinajstić information content (AvgIpc) is 2.74. The first-order valence-electron chi connectivity index (χ1n) is 10.9. The molecule has 1 fully saturated rings. The van der Waals surface area contributed by atoms with Crippen molar-refractivity contribution in [2.75, 3.05) is 30.9 Å². The minimum atomic E-state index is -3.19. The van der Waals surface area contributed by atoms with E-state index in [2.05, 4.69) is 27.9 Å². The fraction of sp³-hybridized carbons (Fsp3) is 0.360. The topological polar surface area (TPSA) is 72.4 Å². The van der Waals surface area contributed by atoms with Crippen molar-refractivity contribution in [2.24, 2.45) is 5.92 Å². The van der Waals surface area contributed by atoms with Crippen molar-refractivity contribution in [1.82, 2.24) is 9.97 Å². The molecule has 1 aliphatic rings. The van der Waals surface area contributed by atoms with Gasteiger partial charge in [0.15, 0.2) is 9.84 Å². The van der Waals surface area contributed by atoms with Crippen molar-refractivity contribution in [1.29, 1.82) is 0 Å². The predicted molar refractivity (Wildman–Crippen MR) is 127 cm³/mol. The average molecular weight is 452 g/mol. The van der Waals surface area contributed by atoms with Crippen LogP contribution >= 0.6 is 0 Å². The van der Waals surface area contributed by atoms with Crippen molar-refractivity contribution in [3.05, 3.63) is 66.0 Å². The third-order valence-corrected chi connectivity index (χ3v) is 6.86. The van der Waals surface area contributed by atoms with Gasteiger partial charge in [-0.3, -0.25) is 0 Å². The van der Waals surface area contributed by atoms with Crippen LogP contribution in [-0.4, -0.2) is 44.3 Å². The summed E-state index contributed by atoms with van der Waals surface area (Å²) < 4.78 is 29.4. The number of nitrogens with zero attached hydrogens (tertiary/aromatic N) is 3. The third kappa shape index (κ3) is 5.10. The number of ether oxygens (including phenoxy) is 1. The van der Waals surface area contributed by atoms with Crippen molar-refractivity contribution in [3.63, 3.8) is 0 Å². The van der Waals surface area contributed by atoms with Crippen LogP contribution in [0.2, 0.25) is 0 Å². The van der Waals surface area contributed by atoms with E-state index in [4.69, 9.17) is 4.74 Å². The Bertz CT molecular complexity index is 1170. The molecule has 0 spiro atoms. The van der Waals surface area contributed by atoms with Gasteiger partial charge in [-0.15, -0.1) is 0 Å². The molecule has 0 unspecified atom stereocenters. The quantitative estimate of drug-likeness (QED) is 0.508. The van der Waals surface area contributed by atoms with Gasteiger partial charge in [-0.05, 0) is 59.9 Å². The van der Waals surface area contributed by atoms with Gasteiger partial charge in [0.2, 0.25) is 5.95 Å². The predicted octanol–water partition coefficient (Wildman–Crippen LogP) is 4.32. The summed E-state index contributed by atoms with van der Waals surface area (Å²) in [5.74, 6) is 2.13. The van der Waals surface area contributed by atoms with Gasteiger partial charge in [0.25, 0.3) is 0 Å². The zero-order valence-electron chi connectivity index (χ0n) is 18.8. The molecule has 0 atom stereocenters. The minimum Gasteiger partial charge on any atom is -0.493 e. The Hall–Kier alpha value is -2.93. The van der Waals surface area contributed by atoms with E-state index in [1.165, 1.54) is 11.8 Å². The monoisotopic (exact) mass is 451 g/mol. The first-order chi connectivity index (χ1) is 15.3. The van der Waals surface area contributed by atoms with Gasteiger partial charge in [-0.1, -0.05) is 31.5 Å². The van der Waals surface area contributed by atoms with Gasteiger partial charge in [0.1, 0.15) is 5.75 Å². The maximum Gasteiger partial charge on any atom is 0.225 e. The third-order valence-electron chi connectivity index (χ3n) is 5.74. The van der Waals surface area contributed by atoms with Crippen LogP contribution in [0.4, 0.5) is 5.95 Å². The highest BCUT2D eigenvalue weighted by Gasteiger charge is 2.29. The molecule has 3 aromatic rings. The molecule has 168 valence electrons. The molecule has 0 saturated carbocycles. The summed E-state index contributed by atoms with van der Waals surface area (Å²) >= 11 is 0. The Morgan fingerprint density at radius 2 is 1.69 bits per heavy atom. The molecule has 0 N–H and O–H groups in total. The lowest BCUT2D eigenvalue weighted by atomic mass is 10.0. The zero-order valence-corrected chi connectivity index (χ0v) is 19.6. The van der Waals surface area contributed by atoms with Crippen LogP contribution in [0.1, 0.15) is 24.5 Å². The molecule has 0 aliphatic carbocycles. The number of hydrogen-bond acceptors (Lipinski definition) is 6. The van der Waals surface area contributed by atoms with Crippen LogP contribution < -0.4 is 9.64 Å². The standard InChI is InChI=1S/C25H29N3O3S/c1-4-5-19-13-26-25(27-14-19)28-15-20(16-28)17-31-24-11-8-22(12-18(24)2)21-6-9-23(10-7-21)32(3,29)30/h6-14,20H,4-5,15-17H2,1-3H3. The molecule has 2 heterocycles. The Morgan fingerprint density at radius 1 is 1.03 bits per heavy atom. The maximum absolute atomic E-state index is 11.6. The number of anilines is 1. The zero-order chi connectivity index (χ0) is 22.7. The number of rotatable bonds is 8. The van der Waals surface area contributed by atoms with Gasteiger partial charge in [0.05, 0.1) is 11.5 Å². The molecule has 1 aliphatic heterocycles. The van der Waals surface area contributed by atoms with Crippen molar-refractivity contribution < 1.29 is 13.2 Å². The Morgan fingerprint density at radius 3 is 2.28 bits per heavy atom. The molecule has 1 aromatic heterocycles.